The van der Waals surface area contributed by atoms with Crippen molar-refractivity contribution in [3.8, 4) is 0 Å². The van der Waals surface area contributed by atoms with Crippen LogP contribution in [0.5, 0.6) is 0 Å². The molecule has 2 aromatic rings. The number of benzene rings is 2. The van der Waals surface area contributed by atoms with Gasteiger partial charge in [-0.15, -0.1) is 19.7 Å². The van der Waals surface area contributed by atoms with Gasteiger partial charge in [0.15, 0.2) is 0 Å². The average molecular weight is 876 g/mol. The molecule has 0 aliphatic carbocycles. The molecule has 0 saturated carbocycles. The first-order valence-corrected chi connectivity index (χ1v) is 17.2. The molecule has 2 rings (SSSR count). The highest BCUT2D eigenvalue weighted by molar-refractivity contribution is 9.10. The van der Waals surface area contributed by atoms with Crippen LogP contribution in [0, 0.1) is 20.8 Å². The fraction of sp³-hybridized carbons (Fsp3) is 0.400. The second kappa shape index (κ2) is 14.3. The average Bonchev–Trinajstić information content (AvgIpc) is 2.84. The van der Waals surface area contributed by atoms with Crippen LogP contribution < -0.4 is 0 Å². The second-order valence-corrected chi connectivity index (χ2v) is 16.0. The molecule has 198 valence electrons. The Morgan fingerprint density at radius 3 is 0.889 bits per heavy atom. The van der Waals surface area contributed by atoms with Crippen molar-refractivity contribution in [2.45, 2.75) is 70.5 Å². The fourth-order valence-electron chi connectivity index (χ4n) is 3.82. The normalized spacial score (nSPS) is 16.0. The zero-order chi connectivity index (χ0) is 28.1. The van der Waals surface area contributed by atoms with Crippen LogP contribution >= 0.6 is 95.6 Å². The molecule has 36 heavy (non-hydrogen) atoms. The largest absolute Gasteiger partial charge is 0.101 e. The molecule has 0 aliphatic heterocycles. The molecule has 6 heteroatoms. The highest BCUT2D eigenvalue weighted by Crippen LogP contribution is 2.42. The number of alkyl halides is 6. The Morgan fingerprint density at radius 1 is 0.556 bits per heavy atom. The van der Waals surface area contributed by atoms with E-state index in [0.717, 1.165) is 32.7 Å². The summed E-state index contributed by atoms with van der Waals surface area (Å²) in [6.07, 6.45) is 5.69. The molecule has 3 atom stereocenters. The van der Waals surface area contributed by atoms with Gasteiger partial charge in [0.1, 0.15) is 0 Å². The van der Waals surface area contributed by atoms with Crippen LogP contribution in [-0.4, -0.2) is 0 Å². The number of rotatable bonds is 9. The molecule has 0 bridgehead atoms. The third-order valence-corrected chi connectivity index (χ3v) is 10.9. The van der Waals surface area contributed by atoms with Gasteiger partial charge in [0.05, 0.1) is 13.0 Å². The highest BCUT2D eigenvalue weighted by Gasteiger charge is 2.28. The van der Waals surface area contributed by atoms with Gasteiger partial charge in [-0.2, -0.15) is 0 Å². The van der Waals surface area contributed by atoms with E-state index in [0.29, 0.717) is 0 Å². The van der Waals surface area contributed by atoms with Crippen LogP contribution in [0.15, 0.2) is 56.2 Å². The minimum Gasteiger partial charge on any atom is -0.101 e. The zero-order valence-electron chi connectivity index (χ0n) is 22.0. The van der Waals surface area contributed by atoms with Crippen molar-refractivity contribution in [2.75, 3.05) is 0 Å². The van der Waals surface area contributed by atoms with Gasteiger partial charge in [-0.3, -0.25) is 0 Å². The minimum atomic E-state index is -0.285. The van der Waals surface area contributed by atoms with E-state index in [1.807, 2.05) is 18.2 Å². The molecule has 0 fully saturated rings. The maximum absolute atomic E-state index is 3.92. The van der Waals surface area contributed by atoms with Gasteiger partial charge in [-0.25, -0.2) is 0 Å². The first-order chi connectivity index (χ1) is 16.6. The van der Waals surface area contributed by atoms with Crippen molar-refractivity contribution in [2.24, 2.45) is 0 Å². The topological polar surface area (TPSA) is 0 Å². The number of hydrogen-bond donors (Lipinski definition) is 0. The Labute approximate surface area is 269 Å². The predicted molar refractivity (Wildman–Crippen MR) is 184 cm³/mol. The standard InChI is InChI=1S/C18H21Br3.C12H15Br3/c1-7-16(4,19)13-10-14(17(5,20)8-2)12-15(11-13)18(6,21)9-3;1-7-10(4-13)8(2)12(6-15)9(3)11(7)5-14/h7-12H,1-3H2,4-6H3;4-6H2,1-3H3. The van der Waals surface area contributed by atoms with Crippen LogP contribution in [-0.2, 0) is 29.0 Å². The Morgan fingerprint density at radius 2 is 0.750 bits per heavy atom. The van der Waals surface area contributed by atoms with Crippen LogP contribution in [0.25, 0.3) is 0 Å². The fourth-order valence-corrected chi connectivity index (χ4v) is 7.03. The molecule has 0 saturated heterocycles. The van der Waals surface area contributed by atoms with E-state index in [9.17, 15) is 0 Å². The van der Waals surface area contributed by atoms with Crippen LogP contribution in [0.2, 0.25) is 0 Å². The Bertz CT molecular complexity index is 937. The van der Waals surface area contributed by atoms with E-state index in [1.165, 1.54) is 33.4 Å². The van der Waals surface area contributed by atoms with E-state index >= 15 is 0 Å². The smallest absolute Gasteiger partial charge is 0.0655 e. The monoisotopic (exact) mass is 870 g/mol. The van der Waals surface area contributed by atoms with Gasteiger partial charge in [0.25, 0.3) is 0 Å². The van der Waals surface area contributed by atoms with Crippen LogP contribution in [0.4, 0.5) is 0 Å². The number of halogens is 6. The maximum atomic E-state index is 3.92. The summed E-state index contributed by atoms with van der Waals surface area (Å²) in [7, 11) is 0. The van der Waals surface area contributed by atoms with Crippen molar-refractivity contribution in [1.82, 2.24) is 0 Å². The van der Waals surface area contributed by atoms with Crippen LogP contribution in [0.1, 0.15) is 70.8 Å². The van der Waals surface area contributed by atoms with Crippen LogP contribution in [0.3, 0.4) is 0 Å². The summed E-state index contributed by atoms with van der Waals surface area (Å²) >= 11 is 21.9. The molecule has 0 amide bonds. The van der Waals surface area contributed by atoms with E-state index in [2.05, 4.69) is 175 Å². The zero-order valence-corrected chi connectivity index (χ0v) is 31.5. The molecule has 2 aromatic carbocycles. The maximum Gasteiger partial charge on any atom is 0.0655 e. The summed E-state index contributed by atoms with van der Waals surface area (Å²) in [5.41, 5.74) is 12.0. The van der Waals surface area contributed by atoms with Crippen molar-refractivity contribution < 1.29 is 0 Å². The lowest BCUT2D eigenvalue weighted by Crippen LogP contribution is -2.18. The van der Waals surface area contributed by atoms with Gasteiger partial charge < -0.3 is 0 Å². The molecule has 0 spiro atoms. The lowest BCUT2D eigenvalue weighted by Gasteiger charge is -2.28. The van der Waals surface area contributed by atoms with Crippen molar-refractivity contribution >= 4 is 95.6 Å². The molecule has 0 radical (unpaired) electrons. The molecular weight excluding hydrogens is 840 g/mol. The molecule has 0 nitrogen and oxygen atoms in total. The summed E-state index contributed by atoms with van der Waals surface area (Å²) in [5.74, 6) is 0. The second-order valence-electron chi connectivity index (χ2n) is 9.35. The SMILES string of the molecule is C=CC(C)(Br)c1cc(C(C)(Br)C=C)cc(C(C)(Br)C=C)c1.Cc1c(CBr)c(C)c(CBr)c(C)c1CBr. The minimum absolute atomic E-state index is 0.285. The number of hydrogen-bond acceptors (Lipinski definition) is 0. The van der Waals surface area contributed by atoms with Crippen molar-refractivity contribution in [3.05, 3.63) is 106 Å². The van der Waals surface area contributed by atoms with E-state index in [4.69, 9.17) is 0 Å². The summed E-state index contributed by atoms with van der Waals surface area (Å²) in [6, 6.07) is 6.51. The summed E-state index contributed by atoms with van der Waals surface area (Å²) in [6.45, 7) is 24.7. The van der Waals surface area contributed by atoms with E-state index < -0.39 is 0 Å². The summed E-state index contributed by atoms with van der Waals surface area (Å²) in [4.78, 5) is 0. The van der Waals surface area contributed by atoms with Gasteiger partial charge in [-0.1, -0.05) is 132 Å². The quantitative estimate of drug-likeness (QED) is 0.174. The Balaban J connectivity index is 0.000000381. The third-order valence-electron chi connectivity index (χ3n) is 6.89. The van der Waals surface area contributed by atoms with Crippen molar-refractivity contribution in [3.63, 3.8) is 0 Å². The lowest BCUT2D eigenvalue weighted by molar-refractivity contribution is 0.835. The highest BCUT2D eigenvalue weighted by atomic mass is 79.9. The molecule has 3 unspecified atom stereocenters. The summed E-state index contributed by atoms with van der Waals surface area (Å²) < 4.78 is -0.856. The molecular formula is C30H36Br6. The Kier molecular flexibility index (Phi) is 13.7. The molecule has 0 aromatic heterocycles. The Hall–Kier alpha value is 0.540. The van der Waals surface area contributed by atoms with Gasteiger partial charge in [0, 0.05) is 16.0 Å². The molecule has 0 N–H and O–H groups in total. The van der Waals surface area contributed by atoms with E-state index in [1.54, 1.807) is 0 Å². The molecule has 0 heterocycles. The number of allylic oxidation sites excluding steroid dienone is 3. The van der Waals surface area contributed by atoms with Gasteiger partial charge in [-0.05, 0) is 91.6 Å². The van der Waals surface area contributed by atoms with Crippen molar-refractivity contribution in [1.29, 1.82) is 0 Å². The summed E-state index contributed by atoms with van der Waals surface area (Å²) in [5, 5.41) is 2.81. The van der Waals surface area contributed by atoms with Gasteiger partial charge in [0.2, 0.25) is 0 Å². The molecule has 0 aliphatic rings. The predicted octanol–water partition coefficient (Wildman–Crippen LogP) is 12.4. The first-order valence-electron chi connectivity index (χ1n) is 11.5. The lowest BCUT2D eigenvalue weighted by atomic mass is 9.88. The van der Waals surface area contributed by atoms with Gasteiger partial charge >= 0.3 is 0 Å². The van der Waals surface area contributed by atoms with E-state index in [-0.39, 0.29) is 13.0 Å². The third kappa shape index (κ3) is 8.03. The first kappa shape index (κ1) is 34.6.